The zero-order chi connectivity index (χ0) is 13.4. The van der Waals surface area contributed by atoms with Gasteiger partial charge in [-0.05, 0) is 13.0 Å². The third-order valence-electron chi connectivity index (χ3n) is 2.38. The highest BCUT2D eigenvalue weighted by molar-refractivity contribution is 5.85. The largest absolute Gasteiger partial charge is 0.419 e. The quantitative estimate of drug-likeness (QED) is 0.781. The molecule has 0 saturated carbocycles. The molecule has 1 amide bonds. The number of benzene rings is 1. The molecule has 1 atom stereocenters. The van der Waals surface area contributed by atoms with Crippen LogP contribution >= 0.6 is 0 Å². The van der Waals surface area contributed by atoms with Crippen molar-refractivity contribution in [1.82, 2.24) is 0 Å². The van der Waals surface area contributed by atoms with Crippen molar-refractivity contribution in [1.29, 1.82) is 0 Å². The maximum Gasteiger partial charge on any atom is 0.419 e. The topological polar surface area (TPSA) is 69.1 Å². The number of carbonyl (C=O) groups excluding carboxylic acids is 1. The van der Waals surface area contributed by atoms with Gasteiger partial charge in [0.2, 0.25) is 5.91 Å². The van der Waals surface area contributed by atoms with Crippen molar-refractivity contribution in [2.24, 2.45) is 11.5 Å². The molecule has 1 unspecified atom stereocenters. The molecule has 0 heterocycles. The summed E-state index contributed by atoms with van der Waals surface area (Å²) < 4.78 is 50.9. The summed E-state index contributed by atoms with van der Waals surface area (Å²) in [5, 5.41) is 0. The first-order valence-corrected chi connectivity index (χ1v) is 4.53. The van der Waals surface area contributed by atoms with E-state index in [0.29, 0.717) is 6.07 Å². The van der Waals surface area contributed by atoms with Crippen LogP contribution in [0.3, 0.4) is 0 Å². The lowest BCUT2D eigenvalue weighted by Crippen LogP contribution is -2.47. The van der Waals surface area contributed by atoms with E-state index in [2.05, 4.69) is 0 Å². The van der Waals surface area contributed by atoms with E-state index >= 15 is 0 Å². The Balaban J connectivity index is 3.44. The number of alkyl halides is 3. The van der Waals surface area contributed by atoms with Crippen LogP contribution < -0.4 is 11.5 Å². The number of carbonyl (C=O) groups is 1. The summed E-state index contributed by atoms with van der Waals surface area (Å²) in [5.74, 6) is -2.69. The van der Waals surface area contributed by atoms with Gasteiger partial charge in [0.15, 0.2) is 0 Å². The molecule has 1 aromatic rings. The number of halogens is 4. The van der Waals surface area contributed by atoms with Gasteiger partial charge >= 0.3 is 6.18 Å². The number of primary amides is 1. The Labute approximate surface area is 94.4 Å². The fourth-order valence-electron chi connectivity index (χ4n) is 1.28. The second kappa shape index (κ2) is 3.99. The maximum absolute atomic E-state index is 13.6. The lowest BCUT2D eigenvalue weighted by atomic mass is 9.90. The Hall–Kier alpha value is -1.63. The summed E-state index contributed by atoms with van der Waals surface area (Å²) >= 11 is 0. The van der Waals surface area contributed by atoms with Gasteiger partial charge in [0.1, 0.15) is 11.4 Å². The fraction of sp³-hybridized carbons (Fsp3) is 0.300. The Kier molecular flexibility index (Phi) is 3.15. The molecule has 0 aliphatic heterocycles. The van der Waals surface area contributed by atoms with Gasteiger partial charge in [-0.3, -0.25) is 4.79 Å². The van der Waals surface area contributed by atoms with Crippen LogP contribution in [-0.4, -0.2) is 5.91 Å². The highest BCUT2D eigenvalue weighted by atomic mass is 19.4. The standard InChI is InChI=1S/C10H10F4N2O/c1-9(16,8(15)17)5-3-2-4-6(7(5)11)10(12,13)14/h2-4H,16H2,1H3,(H2,15,17). The van der Waals surface area contributed by atoms with Gasteiger partial charge in [0.05, 0.1) is 5.56 Å². The average Bonchev–Trinajstić information content (AvgIpc) is 2.15. The minimum atomic E-state index is -4.85. The van der Waals surface area contributed by atoms with Crippen LogP contribution in [0.25, 0.3) is 0 Å². The summed E-state index contributed by atoms with van der Waals surface area (Å²) in [7, 11) is 0. The molecular weight excluding hydrogens is 240 g/mol. The molecule has 7 heteroatoms. The minimum absolute atomic E-state index is 0.565. The Morgan fingerprint density at radius 1 is 1.24 bits per heavy atom. The van der Waals surface area contributed by atoms with Gasteiger partial charge < -0.3 is 11.5 Å². The molecule has 0 aliphatic rings. The number of hydrogen-bond donors (Lipinski definition) is 2. The van der Waals surface area contributed by atoms with Crippen molar-refractivity contribution in [2.45, 2.75) is 18.6 Å². The molecule has 3 nitrogen and oxygen atoms in total. The number of rotatable bonds is 2. The van der Waals surface area contributed by atoms with Crippen LogP contribution in [0, 0.1) is 5.82 Å². The van der Waals surface area contributed by atoms with Crippen molar-refractivity contribution >= 4 is 5.91 Å². The summed E-state index contributed by atoms with van der Waals surface area (Å²) in [6.07, 6.45) is -4.85. The van der Waals surface area contributed by atoms with E-state index in [9.17, 15) is 22.4 Å². The van der Waals surface area contributed by atoms with Crippen LogP contribution in [-0.2, 0) is 16.5 Å². The van der Waals surface area contributed by atoms with E-state index in [-0.39, 0.29) is 0 Å². The molecule has 0 radical (unpaired) electrons. The predicted molar refractivity (Wildman–Crippen MR) is 52.1 cm³/mol. The van der Waals surface area contributed by atoms with Gasteiger partial charge in [0.25, 0.3) is 0 Å². The molecule has 1 aromatic carbocycles. The molecule has 0 aromatic heterocycles. The van der Waals surface area contributed by atoms with Gasteiger partial charge in [-0.15, -0.1) is 0 Å². The molecule has 94 valence electrons. The summed E-state index contributed by atoms with van der Waals surface area (Å²) in [4.78, 5) is 11.0. The summed E-state index contributed by atoms with van der Waals surface area (Å²) in [5.41, 5.74) is 6.27. The molecule has 0 saturated heterocycles. The first kappa shape index (κ1) is 13.4. The number of amides is 1. The van der Waals surface area contributed by atoms with Gasteiger partial charge in [-0.1, -0.05) is 12.1 Å². The van der Waals surface area contributed by atoms with Crippen LogP contribution in [0.15, 0.2) is 18.2 Å². The zero-order valence-corrected chi connectivity index (χ0v) is 8.81. The third-order valence-corrected chi connectivity index (χ3v) is 2.38. The zero-order valence-electron chi connectivity index (χ0n) is 8.81. The molecule has 17 heavy (non-hydrogen) atoms. The molecule has 1 rings (SSSR count). The Bertz CT molecular complexity index is 454. The van der Waals surface area contributed by atoms with E-state index in [0.717, 1.165) is 19.1 Å². The Morgan fingerprint density at radius 2 is 1.71 bits per heavy atom. The number of hydrogen-bond acceptors (Lipinski definition) is 2. The molecular formula is C10H10F4N2O. The van der Waals surface area contributed by atoms with Crippen molar-refractivity contribution < 1.29 is 22.4 Å². The predicted octanol–water partition coefficient (Wildman–Crippen LogP) is 1.50. The van der Waals surface area contributed by atoms with Gasteiger partial charge in [0, 0.05) is 5.56 Å². The van der Waals surface area contributed by atoms with Crippen LogP contribution in [0.5, 0.6) is 0 Å². The van der Waals surface area contributed by atoms with E-state index in [4.69, 9.17) is 11.5 Å². The monoisotopic (exact) mass is 250 g/mol. The second-order valence-electron chi connectivity index (χ2n) is 3.73. The third kappa shape index (κ3) is 2.38. The molecule has 0 bridgehead atoms. The maximum atomic E-state index is 13.6. The second-order valence-corrected chi connectivity index (χ2v) is 3.73. The van der Waals surface area contributed by atoms with E-state index in [1.54, 1.807) is 0 Å². The van der Waals surface area contributed by atoms with Crippen LogP contribution in [0.2, 0.25) is 0 Å². The SMILES string of the molecule is CC(N)(C(N)=O)c1cccc(C(F)(F)F)c1F. The van der Waals surface area contributed by atoms with Crippen molar-refractivity contribution in [3.63, 3.8) is 0 Å². The smallest absolute Gasteiger partial charge is 0.368 e. The van der Waals surface area contributed by atoms with Crippen LogP contribution in [0.1, 0.15) is 18.1 Å². The van der Waals surface area contributed by atoms with E-state index in [1.807, 2.05) is 0 Å². The summed E-state index contributed by atoms with van der Waals surface area (Å²) in [6, 6.07) is 2.53. The summed E-state index contributed by atoms with van der Waals surface area (Å²) in [6.45, 7) is 1.05. The molecule has 4 N–H and O–H groups in total. The minimum Gasteiger partial charge on any atom is -0.368 e. The molecule has 0 spiro atoms. The first-order chi connectivity index (χ1) is 7.58. The lowest BCUT2D eigenvalue weighted by molar-refractivity contribution is -0.140. The highest BCUT2D eigenvalue weighted by Gasteiger charge is 2.39. The lowest BCUT2D eigenvalue weighted by Gasteiger charge is -2.23. The van der Waals surface area contributed by atoms with E-state index < -0.39 is 34.6 Å². The highest BCUT2D eigenvalue weighted by Crippen LogP contribution is 2.34. The van der Waals surface area contributed by atoms with Crippen molar-refractivity contribution in [3.05, 3.63) is 35.1 Å². The normalized spacial score (nSPS) is 15.4. The fourth-order valence-corrected chi connectivity index (χ4v) is 1.28. The Morgan fingerprint density at radius 3 is 2.12 bits per heavy atom. The van der Waals surface area contributed by atoms with Gasteiger partial charge in [-0.25, -0.2) is 4.39 Å². The van der Waals surface area contributed by atoms with Crippen molar-refractivity contribution in [3.8, 4) is 0 Å². The van der Waals surface area contributed by atoms with Crippen LogP contribution in [0.4, 0.5) is 17.6 Å². The van der Waals surface area contributed by atoms with Crippen molar-refractivity contribution in [2.75, 3.05) is 0 Å². The molecule has 0 aliphatic carbocycles. The number of nitrogens with two attached hydrogens (primary N) is 2. The average molecular weight is 250 g/mol. The van der Waals surface area contributed by atoms with E-state index in [1.165, 1.54) is 0 Å². The molecule has 0 fully saturated rings. The van der Waals surface area contributed by atoms with Gasteiger partial charge in [-0.2, -0.15) is 13.2 Å². The first-order valence-electron chi connectivity index (χ1n) is 4.53.